The van der Waals surface area contributed by atoms with Crippen molar-refractivity contribution in [3.8, 4) is 11.8 Å². The molecule has 3 heterocycles. The number of halogens is 1. The molecule has 0 bridgehead atoms. The largest absolute Gasteiger partial charge is 0.421 e. The van der Waals surface area contributed by atoms with Gasteiger partial charge in [0.25, 0.3) is 0 Å². The summed E-state index contributed by atoms with van der Waals surface area (Å²) in [5.41, 5.74) is 3.82. The Bertz CT molecular complexity index is 1170. The minimum atomic E-state index is -0.393. The zero-order chi connectivity index (χ0) is 22.9. The van der Waals surface area contributed by atoms with Gasteiger partial charge in [0.1, 0.15) is 17.5 Å². The van der Waals surface area contributed by atoms with E-state index in [9.17, 15) is 5.11 Å². The fourth-order valence-electron chi connectivity index (χ4n) is 4.47. The van der Waals surface area contributed by atoms with Crippen molar-refractivity contribution < 1.29 is 14.2 Å². The Morgan fingerprint density at radius 2 is 1.97 bits per heavy atom. The molecular formula is C25H28FN5O2. The average molecular weight is 450 g/mol. The van der Waals surface area contributed by atoms with Crippen LogP contribution in [0.25, 0.3) is 6.08 Å². The Morgan fingerprint density at radius 1 is 1.15 bits per heavy atom. The van der Waals surface area contributed by atoms with Crippen molar-refractivity contribution in [1.29, 1.82) is 0 Å². The summed E-state index contributed by atoms with van der Waals surface area (Å²) in [4.78, 5) is 15.7. The molecule has 1 saturated heterocycles. The third-order valence-electron chi connectivity index (χ3n) is 6.32. The molecule has 0 amide bonds. The van der Waals surface area contributed by atoms with Crippen LogP contribution in [-0.2, 0) is 6.42 Å². The minimum absolute atomic E-state index is 0.0797. The molecule has 1 aliphatic carbocycles. The molecule has 0 radical (unpaired) electrons. The van der Waals surface area contributed by atoms with E-state index < -0.39 is 5.82 Å². The molecule has 1 aromatic carbocycles. The highest BCUT2D eigenvalue weighted by Crippen LogP contribution is 2.34. The molecule has 0 unspecified atom stereocenters. The van der Waals surface area contributed by atoms with Crippen molar-refractivity contribution in [3.05, 3.63) is 52.4 Å². The van der Waals surface area contributed by atoms with E-state index in [4.69, 9.17) is 4.74 Å². The van der Waals surface area contributed by atoms with Gasteiger partial charge in [-0.2, -0.15) is 9.97 Å². The first-order chi connectivity index (χ1) is 16.0. The maximum Gasteiger partial charge on any atom is 0.326 e. The van der Waals surface area contributed by atoms with Crippen LogP contribution in [0.1, 0.15) is 37.8 Å². The van der Waals surface area contributed by atoms with Crippen LogP contribution in [0.3, 0.4) is 0 Å². The summed E-state index contributed by atoms with van der Waals surface area (Å²) < 4.78 is 21.0. The summed E-state index contributed by atoms with van der Waals surface area (Å²) >= 11 is 0. The molecule has 0 saturated carbocycles. The normalized spacial score (nSPS) is 18.1. The summed E-state index contributed by atoms with van der Waals surface area (Å²) in [5.74, 6) is 2.00. The van der Waals surface area contributed by atoms with E-state index in [0.29, 0.717) is 29.7 Å². The van der Waals surface area contributed by atoms with Gasteiger partial charge >= 0.3 is 6.01 Å². The predicted octanol–water partition coefficient (Wildman–Crippen LogP) is 4.35. The third-order valence-corrected chi connectivity index (χ3v) is 6.32. The van der Waals surface area contributed by atoms with Crippen molar-refractivity contribution >= 4 is 23.5 Å². The number of piperidine rings is 1. The van der Waals surface area contributed by atoms with E-state index in [-0.39, 0.29) is 18.4 Å². The highest BCUT2D eigenvalue weighted by atomic mass is 19.1. The third kappa shape index (κ3) is 4.61. The maximum absolute atomic E-state index is 15.1. The van der Waals surface area contributed by atoms with Crippen molar-refractivity contribution in [2.45, 2.75) is 33.1 Å². The van der Waals surface area contributed by atoms with Gasteiger partial charge in [0, 0.05) is 31.3 Å². The molecule has 1 aromatic heterocycles. The van der Waals surface area contributed by atoms with Gasteiger partial charge < -0.3 is 20.1 Å². The van der Waals surface area contributed by atoms with E-state index >= 15 is 4.39 Å². The summed E-state index contributed by atoms with van der Waals surface area (Å²) in [5, 5.41) is 12.7. The molecular weight excluding hydrogens is 421 g/mol. The van der Waals surface area contributed by atoms with Crippen molar-refractivity contribution in [2.24, 2.45) is 10.9 Å². The van der Waals surface area contributed by atoms with Crippen LogP contribution in [0.4, 0.5) is 16.0 Å². The zero-order valence-corrected chi connectivity index (χ0v) is 18.9. The summed E-state index contributed by atoms with van der Waals surface area (Å²) in [7, 11) is 0. The quantitative estimate of drug-likeness (QED) is 0.706. The second kappa shape index (κ2) is 8.94. The lowest BCUT2D eigenvalue weighted by Crippen LogP contribution is -2.35. The van der Waals surface area contributed by atoms with Crippen LogP contribution in [0.5, 0.6) is 11.8 Å². The molecule has 172 valence electrons. The second-order valence-corrected chi connectivity index (χ2v) is 9.04. The summed E-state index contributed by atoms with van der Waals surface area (Å²) in [6.45, 7) is 6.43. The fraction of sp³-hybridized carbons (Fsp3) is 0.400. The van der Waals surface area contributed by atoms with Crippen molar-refractivity contribution in [3.63, 3.8) is 0 Å². The number of rotatable bonds is 5. The number of anilines is 2. The van der Waals surface area contributed by atoms with Gasteiger partial charge in [-0.05, 0) is 62.3 Å². The molecule has 2 aliphatic heterocycles. The van der Waals surface area contributed by atoms with E-state index in [1.165, 1.54) is 0 Å². The lowest BCUT2D eigenvalue weighted by Gasteiger charge is -2.32. The first-order valence-electron chi connectivity index (χ1n) is 11.4. The number of aromatic nitrogens is 2. The molecule has 33 heavy (non-hydrogen) atoms. The number of amidine groups is 1. The van der Waals surface area contributed by atoms with E-state index in [1.54, 1.807) is 6.07 Å². The van der Waals surface area contributed by atoms with E-state index in [0.717, 1.165) is 54.9 Å². The van der Waals surface area contributed by atoms with Crippen LogP contribution < -0.4 is 15.0 Å². The number of aliphatic imine (C=N–C) groups is 1. The number of benzene rings is 1. The molecule has 2 aromatic rings. The first-order valence-corrected chi connectivity index (χ1v) is 11.4. The Kier molecular flexibility index (Phi) is 5.85. The molecule has 3 aliphatic rings. The van der Waals surface area contributed by atoms with Gasteiger partial charge in [-0.15, -0.1) is 0 Å². The van der Waals surface area contributed by atoms with Crippen LogP contribution >= 0.6 is 0 Å². The number of nitrogens with one attached hydrogen (secondary N) is 1. The second-order valence-electron chi connectivity index (χ2n) is 9.04. The molecule has 2 N–H and O–H groups in total. The number of allylic oxidation sites excluding steroid dienone is 1. The van der Waals surface area contributed by atoms with Gasteiger partial charge in [0.15, 0.2) is 11.6 Å². The Morgan fingerprint density at radius 3 is 2.70 bits per heavy atom. The fourth-order valence-corrected chi connectivity index (χ4v) is 4.47. The van der Waals surface area contributed by atoms with Crippen LogP contribution in [-0.4, -0.2) is 47.2 Å². The standard InChI is InChI=1S/C25H28FN5O2/c1-15-9-18-3-4-20(24(26)19(18)10-15)33-25-29-22(28-21-11-16(2)13-27-21)12-23(30-25)31-7-5-17(14-32)6-8-31/h3-4,10-12,17,32H,5-9,13-14H2,1-2H3,(H,27,28,29,30). The van der Waals surface area contributed by atoms with Crippen LogP contribution in [0.2, 0.25) is 0 Å². The van der Waals surface area contributed by atoms with Crippen LogP contribution in [0.15, 0.2) is 40.4 Å². The first kappa shape index (κ1) is 21.6. The van der Waals surface area contributed by atoms with Crippen molar-refractivity contribution in [2.75, 3.05) is 36.5 Å². The predicted molar refractivity (Wildman–Crippen MR) is 128 cm³/mol. The van der Waals surface area contributed by atoms with Gasteiger partial charge in [0.05, 0.1) is 6.54 Å². The number of fused-ring (bicyclic) bond motifs is 1. The Hall–Kier alpha value is -3.26. The van der Waals surface area contributed by atoms with Gasteiger partial charge in [0.2, 0.25) is 0 Å². The Balaban J connectivity index is 1.45. The number of aliphatic hydroxyl groups is 1. The van der Waals surface area contributed by atoms with E-state index in [1.807, 2.05) is 38.1 Å². The SMILES string of the molecule is CC1=CC(Nc2cc(N3CCC(CO)CC3)nc(Oc3ccc4c(c3F)C=C(C)C4)n2)=NC1. The van der Waals surface area contributed by atoms with E-state index in [2.05, 4.69) is 25.2 Å². The number of aliphatic hydroxyl groups excluding tert-OH is 1. The number of ether oxygens (including phenoxy) is 1. The number of hydrogen-bond acceptors (Lipinski definition) is 7. The summed E-state index contributed by atoms with van der Waals surface area (Å²) in [6, 6.07) is 5.48. The lowest BCUT2D eigenvalue weighted by atomic mass is 9.98. The number of hydrogen-bond donors (Lipinski definition) is 2. The topological polar surface area (TPSA) is 82.9 Å². The monoisotopic (exact) mass is 449 g/mol. The molecule has 8 heteroatoms. The number of nitrogens with zero attached hydrogens (tertiary/aromatic N) is 4. The summed E-state index contributed by atoms with van der Waals surface area (Å²) in [6.07, 6.45) is 6.37. The molecule has 7 nitrogen and oxygen atoms in total. The van der Waals surface area contributed by atoms with Crippen molar-refractivity contribution in [1.82, 2.24) is 9.97 Å². The van der Waals surface area contributed by atoms with Crippen LogP contribution in [0, 0.1) is 11.7 Å². The highest BCUT2D eigenvalue weighted by molar-refractivity contribution is 6.05. The maximum atomic E-state index is 15.1. The zero-order valence-electron chi connectivity index (χ0n) is 18.9. The molecule has 0 atom stereocenters. The molecule has 5 rings (SSSR count). The molecule has 1 fully saturated rings. The highest BCUT2D eigenvalue weighted by Gasteiger charge is 2.23. The Labute approximate surface area is 192 Å². The average Bonchev–Trinajstić information content (AvgIpc) is 3.40. The van der Waals surface area contributed by atoms with Gasteiger partial charge in [-0.3, -0.25) is 4.99 Å². The lowest BCUT2D eigenvalue weighted by molar-refractivity contribution is 0.202. The van der Waals surface area contributed by atoms with Gasteiger partial charge in [-0.1, -0.05) is 17.7 Å². The smallest absolute Gasteiger partial charge is 0.326 e. The van der Waals surface area contributed by atoms with Gasteiger partial charge in [-0.25, -0.2) is 4.39 Å². The molecule has 0 spiro atoms. The minimum Gasteiger partial charge on any atom is -0.421 e.